The van der Waals surface area contributed by atoms with Crippen molar-refractivity contribution in [2.45, 2.75) is 20.8 Å². The van der Waals surface area contributed by atoms with E-state index in [9.17, 15) is 4.39 Å². The SMILES string of the molecule is CC.Cc1cc2cc(F)ccc2o1. The van der Waals surface area contributed by atoms with Crippen molar-refractivity contribution in [2.75, 3.05) is 0 Å². The van der Waals surface area contributed by atoms with Gasteiger partial charge in [0.15, 0.2) is 0 Å². The monoisotopic (exact) mass is 180 g/mol. The Morgan fingerprint density at radius 2 is 1.85 bits per heavy atom. The average molecular weight is 180 g/mol. The summed E-state index contributed by atoms with van der Waals surface area (Å²) in [6.45, 7) is 5.85. The lowest BCUT2D eigenvalue weighted by Gasteiger charge is -1.86. The number of benzene rings is 1. The molecule has 2 heteroatoms. The van der Waals surface area contributed by atoms with Crippen molar-refractivity contribution in [2.24, 2.45) is 0 Å². The number of rotatable bonds is 0. The molecule has 2 aromatic rings. The molecule has 0 saturated heterocycles. The number of furan rings is 1. The van der Waals surface area contributed by atoms with E-state index in [0.29, 0.717) is 0 Å². The van der Waals surface area contributed by atoms with Gasteiger partial charge in [-0.05, 0) is 31.2 Å². The summed E-state index contributed by atoms with van der Waals surface area (Å²) in [6.07, 6.45) is 0. The van der Waals surface area contributed by atoms with Crippen LogP contribution in [0.15, 0.2) is 28.7 Å². The fraction of sp³-hybridized carbons (Fsp3) is 0.273. The minimum atomic E-state index is -0.224. The Kier molecular flexibility index (Phi) is 3.07. The Bertz CT molecular complexity index is 390. The van der Waals surface area contributed by atoms with E-state index in [-0.39, 0.29) is 5.82 Å². The maximum absolute atomic E-state index is 12.6. The van der Waals surface area contributed by atoms with Crippen LogP contribution in [0.5, 0.6) is 0 Å². The number of fused-ring (bicyclic) bond motifs is 1. The molecule has 0 spiro atoms. The lowest BCUT2D eigenvalue weighted by atomic mass is 10.2. The molecule has 1 aromatic carbocycles. The summed E-state index contributed by atoms with van der Waals surface area (Å²) in [6, 6.07) is 6.31. The summed E-state index contributed by atoms with van der Waals surface area (Å²) in [5.74, 6) is 0.587. The first-order chi connectivity index (χ1) is 6.25. The van der Waals surface area contributed by atoms with Gasteiger partial charge in [0, 0.05) is 5.39 Å². The first-order valence-corrected chi connectivity index (χ1v) is 4.41. The van der Waals surface area contributed by atoms with Crippen molar-refractivity contribution in [3.8, 4) is 0 Å². The van der Waals surface area contributed by atoms with Gasteiger partial charge in [0.1, 0.15) is 17.2 Å². The fourth-order valence-electron chi connectivity index (χ4n) is 1.15. The van der Waals surface area contributed by atoms with Crippen molar-refractivity contribution in [1.82, 2.24) is 0 Å². The van der Waals surface area contributed by atoms with Crippen molar-refractivity contribution < 1.29 is 8.81 Å². The van der Waals surface area contributed by atoms with Crippen LogP contribution in [0.2, 0.25) is 0 Å². The van der Waals surface area contributed by atoms with E-state index >= 15 is 0 Å². The zero-order chi connectivity index (χ0) is 9.84. The summed E-state index contributed by atoms with van der Waals surface area (Å²) in [5.41, 5.74) is 0.740. The largest absolute Gasteiger partial charge is 0.461 e. The van der Waals surface area contributed by atoms with Crippen LogP contribution in [-0.2, 0) is 0 Å². The highest BCUT2D eigenvalue weighted by atomic mass is 19.1. The summed E-state index contributed by atoms with van der Waals surface area (Å²) in [4.78, 5) is 0. The van der Waals surface area contributed by atoms with E-state index in [0.717, 1.165) is 16.7 Å². The lowest BCUT2D eigenvalue weighted by Crippen LogP contribution is -1.68. The molecule has 1 aromatic heterocycles. The van der Waals surface area contributed by atoms with Gasteiger partial charge in [-0.1, -0.05) is 13.8 Å². The zero-order valence-corrected chi connectivity index (χ0v) is 8.10. The smallest absolute Gasteiger partial charge is 0.134 e. The molecule has 0 radical (unpaired) electrons. The first kappa shape index (κ1) is 9.78. The highest BCUT2D eigenvalue weighted by Crippen LogP contribution is 2.19. The summed E-state index contributed by atoms with van der Waals surface area (Å²) >= 11 is 0. The fourth-order valence-corrected chi connectivity index (χ4v) is 1.15. The topological polar surface area (TPSA) is 13.1 Å². The Morgan fingerprint density at radius 3 is 2.54 bits per heavy atom. The van der Waals surface area contributed by atoms with Gasteiger partial charge in [0.2, 0.25) is 0 Å². The standard InChI is InChI=1S/C9H7FO.C2H6/c1-6-4-7-5-8(10)2-3-9(7)11-6;1-2/h2-5H,1H3;1-2H3. The van der Waals surface area contributed by atoms with Crippen LogP contribution >= 0.6 is 0 Å². The maximum atomic E-state index is 12.6. The Morgan fingerprint density at radius 1 is 1.15 bits per heavy atom. The molecule has 0 bridgehead atoms. The van der Waals surface area contributed by atoms with E-state index in [1.54, 1.807) is 6.07 Å². The number of hydrogen-bond donors (Lipinski definition) is 0. The van der Waals surface area contributed by atoms with Crippen molar-refractivity contribution in [3.63, 3.8) is 0 Å². The second kappa shape index (κ2) is 4.08. The van der Waals surface area contributed by atoms with E-state index in [1.165, 1.54) is 12.1 Å². The van der Waals surface area contributed by atoms with Crippen LogP contribution < -0.4 is 0 Å². The molecule has 0 fully saturated rings. The van der Waals surface area contributed by atoms with Gasteiger partial charge < -0.3 is 4.42 Å². The van der Waals surface area contributed by atoms with E-state index in [4.69, 9.17) is 4.42 Å². The van der Waals surface area contributed by atoms with Crippen LogP contribution in [0.4, 0.5) is 4.39 Å². The van der Waals surface area contributed by atoms with E-state index < -0.39 is 0 Å². The van der Waals surface area contributed by atoms with Gasteiger partial charge >= 0.3 is 0 Å². The highest BCUT2D eigenvalue weighted by molar-refractivity contribution is 5.77. The number of halogens is 1. The molecule has 0 aliphatic rings. The minimum Gasteiger partial charge on any atom is -0.461 e. The van der Waals surface area contributed by atoms with Gasteiger partial charge in [-0.3, -0.25) is 0 Å². The Labute approximate surface area is 77.2 Å². The van der Waals surface area contributed by atoms with Crippen LogP contribution in [0.25, 0.3) is 11.0 Å². The van der Waals surface area contributed by atoms with Gasteiger partial charge in [-0.2, -0.15) is 0 Å². The molecule has 0 atom stereocenters. The molecular formula is C11H13FO. The predicted molar refractivity (Wildman–Crippen MR) is 52.3 cm³/mol. The number of aryl methyl sites for hydroxylation is 1. The van der Waals surface area contributed by atoms with Crippen LogP contribution in [-0.4, -0.2) is 0 Å². The molecule has 13 heavy (non-hydrogen) atoms. The van der Waals surface area contributed by atoms with Gasteiger partial charge in [-0.15, -0.1) is 0 Å². The molecule has 1 nitrogen and oxygen atoms in total. The van der Waals surface area contributed by atoms with Crippen molar-refractivity contribution in [1.29, 1.82) is 0 Å². The third-order valence-corrected chi connectivity index (χ3v) is 1.60. The Hall–Kier alpha value is -1.31. The highest BCUT2D eigenvalue weighted by Gasteiger charge is 1.99. The average Bonchev–Trinajstić information content (AvgIpc) is 2.48. The van der Waals surface area contributed by atoms with Crippen LogP contribution in [0, 0.1) is 12.7 Å². The van der Waals surface area contributed by atoms with Crippen LogP contribution in [0.1, 0.15) is 19.6 Å². The van der Waals surface area contributed by atoms with Crippen molar-refractivity contribution >= 4 is 11.0 Å². The van der Waals surface area contributed by atoms with Crippen molar-refractivity contribution in [3.05, 3.63) is 35.8 Å². The maximum Gasteiger partial charge on any atom is 0.134 e. The zero-order valence-electron chi connectivity index (χ0n) is 8.10. The molecule has 0 N–H and O–H groups in total. The minimum absolute atomic E-state index is 0.224. The molecule has 0 amide bonds. The predicted octanol–water partition coefficient (Wildman–Crippen LogP) is 3.91. The van der Waals surface area contributed by atoms with E-state index in [1.807, 2.05) is 26.8 Å². The summed E-state index contributed by atoms with van der Waals surface area (Å²) < 4.78 is 17.9. The van der Waals surface area contributed by atoms with Gasteiger partial charge in [-0.25, -0.2) is 4.39 Å². The molecule has 0 aliphatic carbocycles. The second-order valence-electron chi connectivity index (χ2n) is 2.54. The van der Waals surface area contributed by atoms with Crippen LogP contribution in [0.3, 0.4) is 0 Å². The molecule has 2 rings (SSSR count). The molecule has 1 heterocycles. The third-order valence-electron chi connectivity index (χ3n) is 1.60. The summed E-state index contributed by atoms with van der Waals surface area (Å²) in [7, 11) is 0. The number of hydrogen-bond acceptors (Lipinski definition) is 1. The second-order valence-corrected chi connectivity index (χ2v) is 2.54. The molecular weight excluding hydrogens is 167 g/mol. The lowest BCUT2D eigenvalue weighted by molar-refractivity contribution is 0.576. The normalized spacial score (nSPS) is 9.54. The quantitative estimate of drug-likeness (QED) is 0.599. The van der Waals surface area contributed by atoms with E-state index in [2.05, 4.69) is 0 Å². The van der Waals surface area contributed by atoms with Gasteiger partial charge in [0.25, 0.3) is 0 Å². The first-order valence-electron chi connectivity index (χ1n) is 4.41. The molecule has 0 saturated carbocycles. The molecule has 0 aliphatic heterocycles. The molecule has 70 valence electrons. The third kappa shape index (κ3) is 2.08. The summed E-state index contributed by atoms with van der Waals surface area (Å²) in [5, 5.41) is 0.822. The Balaban J connectivity index is 0.000000396. The molecule has 0 unspecified atom stereocenters. The van der Waals surface area contributed by atoms with Gasteiger partial charge in [0.05, 0.1) is 0 Å².